The topological polar surface area (TPSA) is 67.4 Å². The van der Waals surface area contributed by atoms with E-state index in [2.05, 4.69) is 15.4 Å². The zero-order chi connectivity index (χ0) is 20.0. The van der Waals surface area contributed by atoms with E-state index in [9.17, 15) is 18.4 Å². The molecule has 0 heterocycles. The van der Waals surface area contributed by atoms with Crippen molar-refractivity contribution in [2.75, 3.05) is 10.6 Å². The number of rotatable bonds is 7. The minimum Gasteiger partial charge on any atom is -0.434 e. The van der Waals surface area contributed by atoms with E-state index in [1.165, 1.54) is 24.8 Å². The maximum atomic E-state index is 12.4. The lowest BCUT2D eigenvalue weighted by molar-refractivity contribution is -0.115. The Morgan fingerprint density at radius 3 is 2.33 bits per heavy atom. The molecule has 0 bridgehead atoms. The molecule has 2 aromatic rings. The highest BCUT2D eigenvalue weighted by Gasteiger charge is 2.17. The van der Waals surface area contributed by atoms with Crippen LogP contribution in [0.3, 0.4) is 0 Å². The van der Waals surface area contributed by atoms with E-state index in [0.717, 1.165) is 4.90 Å². The van der Waals surface area contributed by atoms with E-state index >= 15 is 0 Å². The van der Waals surface area contributed by atoms with Crippen LogP contribution in [0.4, 0.5) is 20.2 Å². The van der Waals surface area contributed by atoms with Crippen molar-refractivity contribution in [2.24, 2.45) is 0 Å². The predicted octanol–water partition coefficient (Wildman–Crippen LogP) is 4.67. The van der Waals surface area contributed by atoms with Crippen LogP contribution in [0.25, 0.3) is 0 Å². The fraction of sp³-hybridized carbons (Fsp3) is 0.263. The van der Waals surface area contributed by atoms with Gasteiger partial charge in [-0.1, -0.05) is 6.07 Å². The molecule has 1 unspecified atom stereocenters. The third-order valence-electron chi connectivity index (χ3n) is 3.61. The highest BCUT2D eigenvalue weighted by Crippen LogP contribution is 2.29. The van der Waals surface area contributed by atoms with Crippen LogP contribution in [-0.4, -0.2) is 23.7 Å². The van der Waals surface area contributed by atoms with Crippen molar-refractivity contribution >= 4 is 35.0 Å². The molecule has 27 heavy (non-hydrogen) atoms. The summed E-state index contributed by atoms with van der Waals surface area (Å²) >= 11 is 1.34. The lowest BCUT2D eigenvalue weighted by Gasteiger charge is -2.16. The number of thioether (sulfide) groups is 1. The first kappa shape index (κ1) is 20.7. The van der Waals surface area contributed by atoms with Gasteiger partial charge in [0.1, 0.15) is 5.75 Å². The first-order chi connectivity index (χ1) is 12.8. The third-order valence-corrected chi connectivity index (χ3v) is 4.73. The number of carbonyl (C=O) groups is 2. The van der Waals surface area contributed by atoms with Crippen molar-refractivity contribution < 1.29 is 23.1 Å². The number of benzene rings is 2. The summed E-state index contributed by atoms with van der Waals surface area (Å²) in [7, 11) is 0. The normalized spacial score (nSPS) is 11.8. The van der Waals surface area contributed by atoms with Crippen LogP contribution in [0, 0.1) is 6.92 Å². The number of carbonyl (C=O) groups excluding carboxylic acids is 2. The largest absolute Gasteiger partial charge is 0.434 e. The van der Waals surface area contributed by atoms with Crippen LogP contribution in [0.2, 0.25) is 0 Å². The quantitative estimate of drug-likeness (QED) is 0.670. The monoisotopic (exact) mass is 394 g/mol. The van der Waals surface area contributed by atoms with Gasteiger partial charge in [-0.15, -0.1) is 11.8 Å². The fourth-order valence-corrected chi connectivity index (χ4v) is 3.15. The van der Waals surface area contributed by atoms with E-state index in [4.69, 9.17) is 0 Å². The number of hydrogen-bond acceptors (Lipinski definition) is 4. The SMILES string of the molecule is CC(=O)Nc1ccc(SC(C)C(=O)Nc2cccc(OC(F)F)c2C)cc1. The molecule has 0 fully saturated rings. The summed E-state index contributed by atoms with van der Waals surface area (Å²) in [6, 6.07) is 11.7. The second kappa shape index (κ2) is 9.36. The summed E-state index contributed by atoms with van der Waals surface area (Å²) in [4.78, 5) is 24.3. The number of anilines is 2. The maximum absolute atomic E-state index is 12.4. The molecule has 0 spiro atoms. The summed E-state index contributed by atoms with van der Waals surface area (Å²) in [5.41, 5.74) is 1.53. The molecule has 5 nitrogen and oxygen atoms in total. The number of amides is 2. The molecule has 2 N–H and O–H groups in total. The molecular weight excluding hydrogens is 374 g/mol. The summed E-state index contributed by atoms with van der Waals surface area (Å²) in [5.74, 6) is -0.392. The van der Waals surface area contributed by atoms with Gasteiger partial charge >= 0.3 is 6.61 Å². The van der Waals surface area contributed by atoms with Crippen molar-refractivity contribution in [1.29, 1.82) is 0 Å². The van der Waals surface area contributed by atoms with Crippen LogP contribution in [0.5, 0.6) is 5.75 Å². The molecule has 0 saturated carbocycles. The Labute approximate surface area is 160 Å². The third kappa shape index (κ3) is 6.25. The molecule has 0 aromatic heterocycles. The molecule has 2 amide bonds. The minimum absolute atomic E-state index is 0.0247. The molecule has 0 aliphatic rings. The number of halogens is 2. The first-order valence-electron chi connectivity index (χ1n) is 8.16. The molecule has 8 heteroatoms. The summed E-state index contributed by atoms with van der Waals surface area (Å²) in [6.07, 6.45) is 0. The van der Waals surface area contributed by atoms with E-state index in [1.807, 2.05) is 12.1 Å². The van der Waals surface area contributed by atoms with Gasteiger partial charge in [0, 0.05) is 28.8 Å². The van der Waals surface area contributed by atoms with Gasteiger partial charge < -0.3 is 15.4 Å². The zero-order valence-corrected chi connectivity index (χ0v) is 15.9. The van der Waals surface area contributed by atoms with Crippen LogP contribution >= 0.6 is 11.8 Å². The number of nitrogens with one attached hydrogen (secondary N) is 2. The average Bonchev–Trinajstić information content (AvgIpc) is 2.59. The molecular formula is C19H20F2N2O3S. The summed E-state index contributed by atoms with van der Waals surface area (Å²) < 4.78 is 29.3. The lowest BCUT2D eigenvalue weighted by atomic mass is 10.1. The van der Waals surface area contributed by atoms with Crippen molar-refractivity contribution in [3.63, 3.8) is 0 Å². The molecule has 0 aliphatic heterocycles. The smallest absolute Gasteiger partial charge is 0.387 e. The number of hydrogen-bond donors (Lipinski definition) is 2. The van der Waals surface area contributed by atoms with Crippen LogP contribution in [0.1, 0.15) is 19.4 Å². The van der Waals surface area contributed by atoms with Crippen molar-refractivity contribution in [1.82, 2.24) is 0 Å². The van der Waals surface area contributed by atoms with Crippen molar-refractivity contribution in [3.8, 4) is 5.75 Å². The van der Waals surface area contributed by atoms with Crippen molar-refractivity contribution in [3.05, 3.63) is 48.0 Å². The molecule has 0 radical (unpaired) electrons. The molecule has 2 aromatic carbocycles. The Kier molecular flexibility index (Phi) is 7.18. The predicted molar refractivity (Wildman–Crippen MR) is 103 cm³/mol. The Hall–Kier alpha value is -2.61. The first-order valence-corrected chi connectivity index (χ1v) is 9.04. The Balaban J connectivity index is 2.00. The lowest BCUT2D eigenvalue weighted by Crippen LogP contribution is -2.23. The van der Waals surface area contributed by atoms with Crippen molar-refractivity contribution in [2.45, 2.75) is 37.5 Å². The van der Waals surface area contributed by atoms with Gasteiger partial charge in [0.15, 0.2) is 0 Å². The second-order valence-electron chi connectivity index (χ2n) is 5.76. The van der Waals surface area contributed by atoms with Gasteiger partial charge in [0.05, 0.1) is 5.25 Å². The molecule has 1 atom stereocenters. The summed E-state index contributed by atoms with van der Waals surface area (Å²) in [6.45, 7) is 1.85. The molecule has 144 valence electrons. The minimum atomic E-state index is -2.93. The second-order valence-corrected chi connectivity index (χ2v) is 7.18. The van der Waals surface area contributed by atoms with Gasteiger partial charge in [-0.25, -0.2) is 0 Å². The Morgan fingerprint density at radius 1 is 1.07 bits per heavy atom. The van der Waals surface area contributed by atoms with E-state index in [0.29, 0.717) is 16.9 Å². The zero-order valence-electron chi connectivity index (χ0n) is 15.1. The highest BCUT2D eigenvalue weighted by molar-refractivity contribution is 8.00. The van der Waals surface area contributed by atoms with Crippen LogP contribution in [0.15, 0.2) is 47.4 Å². The Morgan fingerprint density at radius 2 is 1.74 bits per heavy atom. The van der Waals surface area contributed by atoms with E-state index in [-0.39, 0.29) is 17.6 Å². The van der Waals surface area contributed by atoms with Gasteiger partial charge in [-0.05, 0) is 50.2 Å². The standard InChI is InChI=1S/C19H20F2N2O3S/c1-11-16(5-4-6-17(11)26-19(20)21)23-18(25)12(2)27-15-9-7-14(8-10-15)22-13(3)24/h4-10,12,19H,1-3H3,(H,22,24)(H,23,25). The average molecular weight is 394 g/mol. The fourth-order valence-electron chi connectivity index (χ4n) is 2.29. The highest BCUT2D eigenvalue weighted by atomic mass is 32.2. The van der Waals surface area contributed by atoms with Gasteiger partial charge in [-0.2, -0.15) is 8.78 Å². The van der Waals surface area contributed by atoms with E-state index in [1.54, 1.807) is 38.1 Å². The van der Waals surface area contributed by atoms with Gasteiger partial charge in [-0.3, -0.25) is 9.59 Å². The Bertz CT molecular complexity index is 813. The van der Waals surface area contributed by atoms with Crippen LogP contribution < -0.4 is 15.4 Å². The van der Waals surface area contributed by atoms with Gasteiger partial charge in [0.2, 0.25) is 11.8 Å². The maximum Gasteiger partial charge on any atom is 0.387 e. The molecule has 0 aliphatic carbocycles. The van der Waals surface area contributed by atoms with E-state index < -0.39 is 11.9 Å². The number of alkyl halides is 2. The summed E-state index contributed by atoms with van der Waals surface area (Å²) in [5, 5.41) is 4.99. The molecule has 0 saturated heterocycles. The van der Waals surface area contributed by atoms with Crippen LogP contribution in [-0.2, 0) is 9.59 Å². The molecule has 2 rings (SSSR count). The van der Waals surface area contributed by atoms with Gasteiger partial charge in [0.25, 0.3) is 0 Å². The number of ether oxygens (including phenoxy) is 1.